The van der Waals surface area contributed by atoms with E-state index < -0.39 is 0 Å². The van der Waals surface area contributed by atoms with Crippen molar-refractivity contribution in [1.82, 2.24) is 20.4 Å². The molecule has 9 heteroatoms. The maximum Gasteiger partial charge on any atom is 0.409 e. The summed E-state index contributed by atoms with van der Waals surface area (Å²) in [6.45, 7) is 4.16. The molecular formula is C19H31N5O4. The quantitative estimate of drug-likeness (QED) is 0.531. The molecule has 2 N–H and O–H groups in total. The minimum atomic E-state index is -0.261. The Morgan fingerprint density at radius 3 is 2.71 bits per heavy atom. The van der Waals surface area contributed by atoms with Gasteiger partial charge in [-0.05, 0) is 31.9 Å². The summed E-state index contributed by atoms with van der Waals surface area (Å²) < 4.78 is 10.4. The maximum absolute atomic E-state index is 11.9. The topological polar surface area (TPSA) is 99.4 Å². The molecule has 1 aliphatic rings. The number of hydrogen-bond donors (Lipinski definition) is 2. The second kappa shape index (κ2) is 11.2. The molecule has 9 nitrogen and oxygen atoms in total. The number of furan rings is 1. The first-order valence-corrected chi connectivity index (χ1v) is 9.68. The van der Waals surface area contributed by atoms with E-state index in [0.717, 1.165) is 25.0 Å². The van der Waals surface area contributed by atoms with Crippen LogP contribution in [0.2, 0.25) is 0 Å². The Hall–Kier alpha value is -2.71. The zero-order valence-corrected chi connectivity index (χ0v) is 16.9. The van der Waals surface area contributed by atoms with Crippen molar-refractivity contribution in [1.29, 1.82) is 0 Å². The van der Waals surface area contributed by atoms with E-state index in [-0.39, 0.29) is 24.6 Å². The number of hydrogen-bond acceptors (Lipinski definition) is 5. The normalized spacial score (nSPS) is 15.2. The van der Waals surface area contributed by atoms with Gasteiger partial charge in [0.25, 0.3) is 0 Å². The Balaban J connectivity index is 1.86. The zero-order valence-electron chi connectivity index (χ0n) is 16.9. The summed E-state index contributed by atoms with van der Waals surface area (Å²) in [7, 11) is 3.42. The van der Waals surface area contributed by atoms with Crippen LogP contribution in [0.1, 0.15) is 25.5 Å². The summed E-state index contributed by atoms with van der Waals surface area (Å²) >= 11 is 0. The standard InChI is InChI=1S/C19H31N5O4/c1-4-27-19(26)24-11-8-15(9-12-24)22-18(21-14-17(25)23(2)3)20-10-7-16-6-5-13-28-16/h5-6,13,15H,4,7-12,14H2,1-3H3,(H2,20,21,22). The number of guanidine groups is 1. The van der Waals surface area contributed by atoms with Crippen LogP contribution in [-0.2, 0) is 16.0 Å². The number of piperidine rings is 1. The second-order valence-corrected chi connectivity index (χ2v) is 6.81. The number of amides is 2. The van der Waals surface area contributed by atoms with Gasteiger partial charge in [-0.25, -0.2) is 9.79 Å². The highest BCUT2D eigenvalue weighted by Gasteiger charge is 2.24. The number of nitrogens with one attached hydrogen (secondary N) is 2. The monoisotopic (exact) mass is 393 g/mol. The molecule has 0 spiro atoms. The van der Waals surface area contributed by atoms with E-state index in [1.807, 2.05) is 12.1 Å². The van der Waals surface area contributed by atoms with Crippen molar-refractivity contribution in [2.24, 2.45) is 4.99 Å². The smallest absolute Gasteiger partial charge is 0.409 e. The van der Waals surface area contributed by atoms with Gasteiger partial charge in [-0.15, -0.1) is 0 Å². The SMILES string of the molecule is CCOC(=O)N1CCC(NC(=NCC(=O)N(C)C)NCCc2ccco2)CC1. The fourth-order valence-corrected chi connectivity index (χ4v) is 2.81. The second-order valence-electron chi connectivity index (χ2n) is 6.81. The lowest BCUT2D eigenvalue weighted by atomic mass is 10.1. The molecule has 1 aromatic rings. The van der Waals surface area contributed by atoms with E-state index >= 15 is 0 Å². The number of likely N-dealkylation sites (tertiary alicyclic amines) is 1. The first-order chi connectivity index (χ1) is 13.5. The maximum atomic E-state index is 11.9. The van der Waals surface area contributed by atoms with Crippen LogP contribution in [-0.4, -0.2) is 80.7 Å². The molecule has 0 aliphatic carbocycles. The number of aliphatic imine (C=N–C) groups is 1. The van der Waals surface area contributed by atoms with Gasteiger partial charge in [0.15, 0.2) is 5.96 Å². The molecule has 1 aliphatic heterocycles. The molecule has 2 rings (SSSR count). The predicted octanol–water partition coefficient (Wildman–Crippen LogP) is 1.07. The summed E-state index contributed by atoms with van der Waals surface area (Å²) in [6.07, 6.45) is 3.69. The molecule has 1 fully saturated rings. The molecule has 0 atom stereocenters. The molecule has 0 aromatic carbocycles. The number of ether oxygens (including phenoxy) is 1. The zero-order chi connectivity index (χ0) is 20.4. The molecule has 0 saturated carbocycles. The minimum absolute atomic E-state index is 0.0655. The van der Waals surface area contributed by atoms with Crippen molar-refractivity contribution in [2.45, 2.75) is 32.2 Å². The van der Waals surface area contributed by atoms with Crippen LogP contribution in [0.5, 0.6) is 0 Å². The van der Waals surface area contributed by atoms with Crippen molar-refractivity contribution in [3.8, 4) is 0 Å². The summed E-state index contributed by atoms with van der Waals surface area (Å²) in [5.74, 6) is 1.42. The van der Waals surface area contributed by atoms with Crippen LogP contribution >= 0.6 is 0 Å². The molecule has 2 amide bonds. The lowest BCUT2D eigenvalue weighted by Gasteiger charge is -2.32. The number of likely N-dealkylation sites (N-methyl/N-ethyl adjacent to an activating group) is 1. The molecule has 1 aromatic heterocycles. The largest absolute Gasteiger partial charge is 0.469 e. The Kier molecular flexibility index (Phi) is 8.64. The van der Waals surface area contributed by atoms with Gasteiger partial charge in [-0.2, -0.15) is 0 Å². The lowest BCUT2D eigenvalue weighted by molar-refractivity contribution is -0.127. The third-order valence-corrected chi connectivity index (χ3v) is 4.48. The predicted molar refractivity (Wildman–Crippen MR) is 106 cm³/mol. The van der Waals surface area contributed by atoms with Crippen LogP contribution in [0.3, 0.4) is 0 Å². The average Bonchev–Trinajstić information content (AvgIpc) is 3.19. The Labute approximate surface area is 166 Å². The number of nitrogens with zero attached hydrogens (tertiary/aromatic N) is 3. The minimum Gasteiger partial charge on any atom is -0.469 e. The highest BCUT2D eigenvalue weighted by molar-refractivity contribution is 5.85. The molecule has 0 unspecified atom stereocenters. The van der Waals surface area contributed by atoms with Crippen molar-refractivity contribution in [3.05, 3.63) is 24.2 Å². The molecule has 28 heavy (non-hydrogen) atoms. The van der Waals surface area contributed by atoms with E-state index in [1.54, 1.807) is 32.2 Å². The first-order valence-electron chi connectivity index (χ1n) is 9.68. The van der Waals surface area contributed by atoms with Gasteiger partial charge in [0, 0.05) is 46.2 Å². The van der Waals surface area contributed by atoms with Crippen LogP contribution in [0.15, 0.2) is 27.8 Å². The number of rotatable bonds is 7. The van der Waals surface area contributed by atoms with Gasteiger partial charge < -0.3 is 29.6 Å². The summed E-state index contributed by atoms with van der Waals surface area (Å²) in [5, 5.41) is 6.64. The lowest BCUT2D eigenvalue weighted by Crippen LogP contribution is -2.50. The van der Waals surface area contributed by atoms with Crippen molar-refractivity contribution >= 4 is 18.0 Å². The molecule has 156 valence electrons. The number of carbonyl (C=O) groups excluding carboxylic acids is 2. The van der Waals surface area contributed by atoms with Crippen LogP contribution in [0.4, 0.5) is 4.79 Å². The fraction of sp³-hybridized carbons (Fsp3) is 0.632. The van der Waals surface area contributed by atoms with Crippen molar-refractivity contribution < 1.29 is 18.7 Å². The third kappa shape index (κ3) is 7.13. The highest BCUT2D eigenvalue weighted by Crippen LogP contribution is 2.11. The molecule has 0 radical (unpaired) electrons. The van der Waals surface area contributed by atoms with Crippen LogP contribution < -0.4 is 10.6 Å². The Morgan fingerprint density at radius 2 is 2.11 bits per heavy atom. The van der Waals surface area contributed by atoms with Crippen molar-refractivity contribution in [3.63, 3.8) is 0 Å². The van der Waals surface area contributed by atoms with Gasteiger partial charge in [0.1, 0.15) is 12.3 Å². The van der Waals surface area contributed by atoms with Gasteiger partial charge in [-0.3, -0.25) is 4.79 Å². The molecular weight excluding hydrogens is 362 g/mol. The van der Waals surface area contributed by atoms with Gasteiger partial charge in [0.2, 0.25) is 5.91 Å². The van der Waals surface area contributed by atoms with Gasteiger partial charge >= 0.3 is 6.09 Å². The summed E-state index contributed by atoms with van der Waals surface area (Å²) in [4.78, 5) is 31.3. The van der Waals surface area contributed by atoms with Crippen molar-refractivity contribution in [2.75, 3.05) is 46.9 Å². The summed E-state index contributed by atoms with van der Waals surface area (Å²) in [6, 6.07) is 3.96. The van der Waals surface area contributed by atoms with E-state index in [0.29, 0.717) is 32.2 Å². The highest BCUT2D eigenvalue weighted by atomic mass is 16.6. The van der Waals surface area contributed by atoms with Gasteiger partial charge in [-0.1, -0.05) is 0 Å². The van der Waals surface area contributed by atoms with E-state index in [1.165, 1.54) is 4.90 Å². The Bertz CT molecular complexity index is 637. The van der Waals surface area contributed by atoms with Crippen LogP contribution in [0.25, 0.3) is 0 Å². The van der Waals surface area contributed by atoms with E-state index in [2.05, 4.69) is 15.6 Å². The third-order valence-electron chi connectivity index (χ3n) is 4.48. The fourth-order valence-electron chi connectivity index (χ4n) is 2.81. The Morgan fingerprint density at radius 1 is 1.36 bits per heavy atom. The van der Waals surface area contributed by atoms with Crippen LogP contribution in [0, 0.1) is 0 Å². The van der Waals surface area contributed by atoms with E-state index in [4.69, 9.17) is 9.15 Å². The first kappa shape index (κ1) is 21.6. The van der Waals surface area contributed by atoms with Gasteiger partial charge in [0.05, 0.1) is 12.9 Å². The molecule has 0 bridgehead atoms. The molecule has 2 heterocycles. The van der Waals surface area contributed by atoms with E-state index in [9.17, 15) is 9.59 Å². The average molecular weight is 393 g/mol. The number of carbonyl (C=O) groups is 2. The molecule has 1 saturated heterocycles. The summed E-state index contributed by atoms with van der Waals surface area (Å²) in [5.41, 5.74) is 0.